The van der Waals surface area contributed by atoms with E-state index in [4.69, 9.17) is 4.74 Å². The van der Waals surface area contributed by atoms with Crippen LogP contribution in [0, 0.1) is 9.52 Å². The molecule has 0 bridgehead atoms. The molecule has 1 aromatic heterocycles. The maximum atomic E-state index is 13.1. The molecule has 0 fully saturated rings. The van der Waals surface area contributed by atoms with E-state index in [2.05, 4.69) is 27.7 Å². The highest BCUT2D eigenvalue weighted by atomic mass is 127. The minimum atomic E-state index is -0.221. The second kappa shape index (κ2) is 5.09. The lowest BCUT2D eigenvalue weighted by atomic mass is 10.2. The van der Waals surface area contributed by atoms with Crippen LogP contribution >= 0.6 is 22.6 Å². The number of aromatic nitrogens is 2. The Bertz CT molecular complexity index is 498. The van der Waals surface area contributed by atoms with Crippen molar-refractivity contribution in [1.82, 2.24) is 9.78 Å². The number of methoxy groups -OCH3 is 1. The van der Waals surface area contributed by atoms with Gasteiger partial charge in [-0.05, 0) is 47.2 Å². The molecule has 0 N–H and O–H groups in total. The third-order valence-corrected chi connectivity index (χ3v) is 3.49. The van der Waals surface area contributed by atoms with Crippen LogP contribution in [-0.2, 0) is 11.3 Å². The molecule has 0 spiro atoms. The molecule has 0 atom stereocenters. The van der Waals surface area contributed by atoms with Crippen molar-refractivity contribution >= 4 is 33.5 Å². The third kappa shape index (κ3) is 2.35. The molecule has 0 radical (unpaired) electrons. The third-order valence-electron chi connectivity index (χ3n) is 2.35. The second-order valence-corrected chi connectivity index (χ2v) is 4.54. The zero-order valence-corrected chi connectivity index (χ0v) is 11.1. The molecule has 1 aromatic carbocycles. The lowest BCUT2D eigenvalue weighted by molar-refractivity contribution is 0.189. The van der Waals surface area contributed by atoms with Gasteiger partial charge in [0.1, 0.15) is 9.52 Å². The van der Waals surface area contributed by atoms with Crippen molar-refractivity contribution in [3.8, 4) is 0 Å². The zero-order chi connectivity index (χ0) is 11.5. The lowest BCUT2D eigenvalue weighted by Crippen LogP contribution is -2.04. The van der Waals surface area contributed by atoms with Gasteiger partial charge in [-0.15, -0.1) is 0 Å². The van der Waals surface area contributed by atoms with Crippen LogP contribution in [0.1, 0.15) is 6.42 Å². The summed E-state index contributed by atoms with van der Waals surface area (Å²) in [5.74, 6) is -0.221. The highest BCUT2D eigenvalue weighted by Crippen LogP contribution is 2.21. The van der Waals surface area contributed by atoms with Crippen molar-refractivity contribution in [3.63, 3.8) is 0 Å². The van der Waals surface area contributed by atoms with Crippen molar-refractivity contribution in [2.45, 2.75) is 13.0 Å². The number of halogens is 2. The van der Waals surface area contributed by atoms with Gasteiger partial charge in [-0.25, -0.2) is 4.39 Å². The Labute approximate surface area is 107 Å². The fourth-order valence-corrected chi connectivity index (χ4v) is 2.36. The van der Waals surface area contributed by atoms with E-state index >= 15 is 0 Å². The molecule has 0 unspecified atom stereocenters. The van der Waals surface area contributed by atoms with Crippen LogP contribution in [0.15, 0.2) is 18.2 Å². The molecular formula is C11H12FIN2O. The van der Waals surface area contributed by atoms with E-state index in [1.54, 1.807) is 13.2 Å². The number of hydrogen-bond acceptors (Lipinski definition) is 2. The Morgan fingerprint density at radius 2 is 2.31 bits per heavy atom. The predicted molar refractivity (Wildman–Crippen MR) is 68.9 cm³/mol. The van der Waals surface area contributed by atoms with Gasteiger partial charge < -0.3 is 4.74 Å². The first-order valence-electron chi connectivity index (χ1n) is 5.03. The van der Waals surface area contributed by atoms with E-state index in [1.807, 2.05) is 4.68 Å². The summed E-state index contributed by atoms with van der Waals surface area (Å²) < 4.78 is 20.9. The van der Waals surface area contributed by atoms with Gasteiger partial charge >= 0.3 is 0 Å². The summed E-state index contributed by atoms with van der Waals surface area (Å²) in [6.07, 6.45) is 0.906. The first kappa shape index (κ1) is 11.8. The van der Waals surface area contributed by atoms with Crippen molar-refractivity contribution in [2.24, 2.45) is 0 Å². The van der Waals surface area contributed by atoms with E-state index in [0.29, 0.717) is 6.61 Å². The summed E-state index contributed by atoms with van der Waals surface area (Å²) in [6, 6.07) is 4.67. The number of nitrogens with zero attached hydrogens (tertiary/aromatic N) is 2. The van der Waals surface area contributed by atoms with E-state index in [0.717, 1.165) is 27.6 Å². The molecule has 0 saturated heterocycles. The number of aryl methyl sites for hydroxylation is 1. The van der Waals surface area contributed by atoms with Gasteiger partial charge in [0.25, 0.3) is 0 Å². The number of hydrogen-bond donors (Lipinski definition) is 0. The molecule has 0 aliphatic carbocycles. The summed E-state index contributed by atoms with van der Waals surface area (Å²) in [5.41, 5.74) is 0.836. The summed E-state index contributed by atoms with van der Waals surface area (Å²) in [4.78, 5) is 0. The maximum Gasteiger partial charge on any atom is 0.124 e. The molecular weight excluding hydrogens is 322 g/mol. The monoisotopic (exact) mass is 334 g/mol. The molecule has 0 aliphatic heterocycles. The Hall–Kier alpha value is -0.690. The van der Waals surface area contributed by atoms with Gasteiger partial charge in [0.05, 0.1) is 5.52 Å². The van der Waals surface area contributed by atoms with E-state index in [-0.39, 0.29) is 5.82 Å². The van der Waals surface area contributed by atoms with Crippen molar-refractivity contribution < 1.29 is 9.13 Å². The predicted octanol–water partition coefficient (Wildman–Crippen LogP) is 2.82. The molecule has 2 rings (SSSR count). The van der Waals surface area contributed by atoms with Crippen LogP contribution in [-0.4, -0.2) is 23.5 Å². The van der Waals surface area contributed by atoms with Gasteiger partial charge in [0.2, 0.25) is 0 Å². The Morgan fingerprint density at radius 3 is 3.06 bits per heavy atom. The smallest absolute Gasteiger partial charge is 0.124 e. The standard InChI is InChI=1S/C11H12FIN2O/c1-16-6-2-5-15-11(13)9-7-8(12)3-4-10(9)14-15/h3-4,7H,2,5-6H2,1H3. The first-order chi connectivity index (χ1) is 7.72. The summed E-state index contributed by atoms with van der Waals surface area (Å²) in [5, 5.41) is 5.29. The first-order valence-corrected chi connectivity index (χ1v) is 6.11. The quantitative estimate of drug-likeness (QED) is 0.635. The van der Waals surface area contributed by atoms with Gasteiger partial charge in [-0.1, -0.05) is 0 Å². The topological polar surface area (TPSA) is 27.1 Å². The SMILES string of the molecule is COCCCn1nc2ccc(F)cc2c1I. The minimum Gasteiger partial charge on any atom is -0.385 e. The van der Waals surface area contributed by atoms with E-state index in [1.165, 1.54) is 12.1 Å². The molecule has 3 nitrogen and oxygen atoms in total. The number of benzene rings is 1. The normalized spacial score (nSPS) is 11.2. The fourth-order valence-electron chi connectivity index (χ4n) is 1.58. The van der Waals surface area contributed by atoms with Crippen LogP contribution in [0.5, 0.6) is 0 Å². The molecule has 16 heavy (non-hydrogen) atoms. The highest BCUT2D eigenvalue weighted by molar-refractivity contribution is 14.1. The van der Waals surface area contributed by atoms with E-state index in [9.17, 15) is 4.39 Å². The van der Waals surface area contributed by atoms with Crippen molar-refractivity contribution in [1.29, 1.82) is 0 Å². The van der Waals surface area contributed by atoms with Crippen LogP contribution in [0.4, 0.5) is 4.39 Å². The molecule has 2 aromatic rings. The maximum absolute atomic E-state index is 13.1. The van der Waals surface area contributed by atoms with Gasteiger partial charge in [-0.2, -0.15) is 5.10 Å². The van der Waals surface area contributed by atoms with E-state index < -0.39 is 0 Å². The van der Waals surface area contributed by atoms with Crippen molar-refractivity contribution in [3.05, 3.63) is 27.7 Å². The van der Waals surface area contributed by atoms with Crippen LogP contribution in [0.2, 0.25) is 0 Å². The summed E-state index contributed by atoms with van der Waals surface area (Å²) in [6.45, 7) is 1.50. The van der Waals surface area contributed by atoms with Crippen LogP contribution in [0.25, 0.3) is 10.9 Å². The number of fused-ring (bicyclic) bond motifs is 1. The molecule has 0 saturated carbocycles. The lowest BCUT2D eigenvalue weighted by Gasteiger charge is -2.01. The van der Waals surface area contributed by atoms with Gasteiger partial charge in [0, 0.05) is 25.6 Å². The van der Waals surface area contributed by atoms with Crippen LogP contribution in [0.3, 0.4) is 0 Å². The average molecular weight is 334 g/mol. The highest BCUT2D eigenvalue weighted by Gasteiger charge is 2.08. The molecule has 0 amide bonds. The minimum absolute atomic E-state index is 0.221. The average Bonchev–Trinajstić information content (AvgIpc) is 2.57. The Morgan fingerprint density at radius 1 is 1.50 bits per heavy atom. The second-order valence-electron chi connectivity index (χ2n) is 3.52. The van der Waals surface area contributed by atoms with Gasteiger partial charge in [-0.3, -0.25) is 4.68 Å². The Kier molecular flexibility index (Phi) is 3.75. The van der Waals surface area contributed by atoms with Crippen LogP contribution < -0.4 is 0 Å². The van der Waals surface area contributed by atoms with Crippen molar-refractivity contribution in [2.75, 3.05) is 13.7 Å². The molecule has 1 heterocycles. The molecule has 0 aliphatic rings. The Balaban J connectivity index is 2.29. The zero-order valence-electron chi connectivity index (χ0n) is 8.91. The largest absolute Gasteiger partial charge is 0.385 e. The summed E-state index contributed by atoms with van der Waals surface area (Å²) in [7, 11) is 1.68. The number of ether oxygens (including phenoxy) is 1. The fraction of sp³-hybridized carbons (Fsp3) is 0.364. The summed E-state index contributed by atoms with van der Waals surface area (Å²) >= 11 is 2.20. The van der Waals surface area contributed by atoms with Gasteiger partial charge in [0.15, 0.2) is 0 Å². The molecule has 86 valence electrons. The molecule has 5 heteroatoms. The number of rotatable bonds is 4.